The van der Waals surface area contributed by atoms with Crippen molar-refractivity contribution < 1.29 is 7.84 Å². The third kappa shape index (κ3) is 6.46. The average Bonchev–Trinajstić information content (AvgIpc) is 1.61. The second-order valence-corrected chi connectivity index (χ2v) is 3.04. The molecule has 0 heterocycles. The Kier molecular flexibility index (Phi) is 4.92. The van der Waals surface area contributed by atoms with E-state index in [-0.39, 0.29) is 0 Å². The number of hydrogen-bond donors (Lipinski definition) is 0. The van der Waals surface area contributed by atoms with Crippen LogP contribution in [0.5, 0.6) is 0 Å². The van der Waals surface area contributed by atoms with Gasteiger partial charge in [-0.2, -0.15) is 0 Å². The van der Waals surface area contributed by atoms with Gasteiger partial charge in [0.1, 0.15) is 0 Å². The van der Waals surface area contributed by atoms with Crippen LogP contribution in [-0.2, 0) is 14.7 Å². The molecule has 0 aliphatic heterocycles. The first kappa shape index (κ1) is 7.46. The molecule has 2 nitrogen and oxygen atoms in total. The van der Waals surface area contributed by atoms with Gasteiger partial charge in [0, 0.05) is 24.1 Å². The molecule has 0 fully saturated rings. The second-order valence-electron chi connectivity index (χ2n) is 0.876. The van der Waals surface area contributed by atoms with Crippen LogP contribution in [0.2, 0.25) is 0 Å². The van der Waals surface area contributed by atoms with Gasteiger partial charge < -0.3 is 0 Å². The van der Waals surface area contributed by atoms with Gasteiger partial charge in [-0.25, -0.2) is 7.84 Å². The lowest BCUT2D eigenvalue weighted by molar-refractivity contribution is 0.616. The summed E-state index contributed by atoms with van der Waals surface area (Å²) in [4.78, 5) is 0. The van der Waals surface area contributed by atoms with Crippen LogP contribution < -0.4 is 0 Å². The number of rotatable bonds is 3. The van der Waals surface area contributed by atoms with E-state index in [4.69, 9.17) is 0 Å². The summed E-state index contributed by atoms with van der Waals surface area (Å²) in [5.74, 6) is 0.847. The van der Waals surface area contributed by atoms with Crippen LogP contribution in [0.1, 0.15) is 6.92 Å². The molecule has 0 amide bonds. The van der Waals surface area contributed by atoms with Crippen LogP contribution in [-0.4, -0.2) is 16.2 Å². The summed E-state index contributed by atoms with van der Waals surface area (Å²) in [6.45, 7) is 1.94. The van der Waals surface area contributed by atoms with E-state index in [1.54, 1.807) is 0 Å². The third-order valence-corrected chi connectivity index (χ3v) is 1.65. The quantitative estimate of drug-likeness (QED) is 0.546. The summed E-state index contributed by atoms with van der Waals surface area (Å²) in [5.41, 5.74) is 0. The fraction of sp³-hybridized carbons (Fsp3) is 1.00. The minimum atomic E-state index is -1.10. The maximum atomic E-state index is 10.1. The SMILES string of the molecule is CCSOS(C)=O. The minimum Gasteiger partial charge on any atom is -0.229 e. The topological polar surface area (TPSA) is 26.3 Å². The van der Waals surface area contributed by atoms with Gasteiger partial charge >= 0.3 is 0 Å². The Labute approximate surface area is 50.5 Å². The van der Waals surface area contributed by atoms with Crippen molar-refractivity contribution in [2.45, 2.75) is 6.92 Å². The Morgan fingerprint density at radius 1 is 1.86 bits per heavy atom. The lowest BCUT2D eigenvalue weighted by Crippen LogP contribution is -1.83. The van der Waals surface area contributed by atoms with E-state index in [0.717, 1.165) is 5.75 Å². The number of hydrogen-bond acceptors (Lipinski definition) is 3. The second kappa shape index (κ2) is 4.61. The molecule has 0 aromatic rings. The van der Waals surface area contributed by atoms with Crippen molar-refractivity contribution in [2.24, 2.45) is 0 Å². The van der Waals surface area contributed by atoms with Crippen LogP contribution in [0.3, 0.4) is 0 Å². The predicted molar refractivity (Wildman–Crippen MR) is 33.3 cm³/mol. The molecule has 0 N–H and O–H groups in total. The van der Waals surface area contributed by atoms with Gasteiger partial charge in [-0.1, -0.05) is 6.92 Å². The summed E-state index contributed by atoms with van der Waals surface area (Å²) in [6, 6.07) is 0. The van der Waals surface area contributed by atoms with E-state index >= 15 is 0 Å². The van der Waals surface area contributed by atoms with Crippen LogP contribution >= 0.6 is 12.0 Å². The molecule has 0 rings (SSSR count). The van der Waals surface area contributed by atoms with Gasteiger partial charge in [0.15, 0.2) is 11.1 Å². The van der Waals surface area contributed by atoms with E-state index in [1.165, 1.54) is 18.3 Å². The minimum absolute atomic E-state index is 0.847. The van der Waals surface area contributed by atoms with Gasteiger partial charge in [0.2, 0.25) is 0 Å². The van der Waals surface area contributed by atoms with Crippen LogP contribution in [0, 0.1) is 0 Å². The Morgan fingerprint density at radius 2 is 2.43 bits per heavy atom. The van der Waals surface area contributed by atoms with Crippen molar-refractivity contribution in [2.75, 3.05) is 12.0 Å². The highest BCUT2D eigenvalue weighted by atomic mass is 32.3. The lowest BCUT2D eigenvalue weighted by atomic mass is 11.0. The Balaban J connectivity index is 2.82. The van der Waals surface area contributed by atoms with E-state index in [0.29, 0.717) is 0 Å². The fourth-order valence-corrected chi connectivity index (χ4v) is 1.04. The molecule has 0 aromatic heterocycles. The van der Waals surface area contributed by atoms with Crippen LogP contribution in [0.15, 0.2) is 0 Å². The molecule has 0 spiro atoms. The standard InChI is InChI=1S/C3H8O2S2/c1-3-6-5-7(2)4/h3H2,1-2H3. The van der Waals surface area contributed by atoms with Gasteiger partial charge in [-0.15, -0.1) is 0 Å². The first-order chi connectivity index (χ1) is 3.27. The van der Waals surface area contributed by atoms with Crippen LogP contribution in [0.25, 0.3) is 0 Å². The zero-order chi connectivity index (χ0) is 5.70. The van der Waals surface area contributed by atoms with Crippen molar-refractivity contribution >= 4 is 23.1 Å². The first-order valence-corrected chi connectivity index (χ1v) is 4.30. The summed E-state index contributed by atoms with van der Waals surface area (Å²) in [6.07, 6.45) is 1.50. The zero-order valence-electron chi connectivity index (χ0n) is 4.34. The van der Waals surface area contributed by atoms with Crippen LogP contribution in [0.4, 0.5) is 0 Å². The maximum absolute atomic E-state index is 10.1. The molecule has 0 aliphatic carbocycles. The normalized spacial score (nSPS) is 14.0. The summed E-state index contributed by atoms with van der Waals surface area (Å²) >= 11 is 0.114. The van der Waals surface area contributed by atoms with E-state index in [2.05, 4.69) is 3.63 Å². The fourth-order valence-electron chi connectivity index (χ4n) is 0.116. The molecule has 4 heteroatoms. The summed E-state index contributed by atoms with van der Waals surface area (Å²) in [7, 11) is 0. The van der Waals surface area contributed by atoms with Crippen molar-refractivity contribution in [3.05, 3.63) is 0 Å². The smallest absolute Gasteiger partial charge is 0.163 e. The molecule has 0 aliphatic rings. The molecular weight excluding hydrogens is 132 g/mol. The van der Waals surface area contributed by atoms with Gasteiger partial charge in [0.25, 0.3) is 0 Å². The highest BCUT2D eigenvalue weighted by molar-refractivity contribution is 8.02. The van der Waals surface area contributed by atoms with Gasteiger partial charge in [-0.3, -0.25) is 0 Å². The molecule has 0 saturated carbocycles. The first-order valence-electron chi connectivity index (χ1n) is 1.90. The van der Waals surface area contributed by atoms with E-state index < -0.39 is 11.1 Å². The van der Waals surface area contributed by atoms with Gasteiger partial charge in [-0.05, 0) is 0 Å². The monoisotopic (exact) mass is 140 g/mol. The predicted octanol–water partition coefficient (Wildman–Crippen LogP) is 0.965. The largest absolute Gasteiger partial charge is 0.229 e. The maximum Gasteiger partial charge on any atom is 0.163 e. The summed E-state index contributed by atoms with van der Waals surface area (Å²) in [5, 5.41) is 0. The summed E-state index contributed by atoms with van der Waals surface area (Å²) < 4.78 is 14.7. The third-order valence-electron chi connectivity index (χ3n) is 0.262. The Hall–Kier alpha value is 0.460. The Bertz CT molecular complexity index is 64.0. The van der Waals surface area contributed by atoms with Crippen molar-refractivity contribution in [1.29, 1.82) is 0 Å². The highest BCUT2D eigenvalue weighted by Crippen LogP contribution is 2.01. The lowest BCUT2D eigenvalue weighted by Gasteiger charge is -1.89. The molecular formula is C3H8O2S2. The molecule has 7 heavy (non-hydrogen) atoms. The molecule has 0 aromatic carbocycles. The van der Waals surface area contributed by atoms with Gasteiger partial charge in [0.05, 0.1) is 0 Å². The zero-order valence-corrected chi connectivity index (χ0v) is 5.97. The average molecular weight is 140 g/mol. The van der Waals surface area contributed by atoms with Crippen molar-refractivity contribution in [3.63, 3.8) is 0 Å². The van der Waals surface area contributed by atoms with Crippen molar-refractivity contribution in [1.82, 2.24) is 0 Å². The molecule has 1 unspecified atom stereocenters. The van der Waals surface area contributed by atoms with Crippen molar-refractivity contribution in [3.8, 4) is 0 Å². The van der Waals surface area contributed by atoms with E-state index in [9.17, 15) is 4.21 Å². The molecule has 0 saturated heterocycles. The molecule has 0 bridgehead atoms. The molecule has 0 radical (unpaired) electrons. The van der Waals surface area contributed by atoms with E-state index in [1.807, 2.05) is 6.92 Å². The highest BCUT2D eigenvalue weighted by Gasteiger charge is 1.85. The molecule has 44 valence electrons. The molecule has 1 atom stereocenters. The Morgan fingerprint density at radius 3 is 2.57 bits per heavy atom.